The van der Waals surface area contributed by atoms with Crippen LogP contribution in [0.25, 0.3) is 5.57 Å². The van der Waals surface area contributed by atoms with Crippen LogP contribution in [0.15, 0.2) is 18.2 Å². The van der Waals surface area contributed by atoms with Crippen LogP contribution in [0.5, 0.6) is 0 Å². The number of amides is 1. The second kappa shape index (κ2) is 6.51. The molecule has 1 fully saturated rings. The van der Waals surface area contributed by atoms with Crippen molar-refractivity contribution in [1.29, 1.82) is 0 Å². The average molecular weight is 341 g/mol. The quantitative estimate of drug-likeness (QED) is 0.669. The number of rotatable bonds is 1. The van der Waals surface area contributed by atoms with Gasteiger partial charge in [0.1, 0.15) is 5.60 Å². The molecule has 2 aliphatic heterocycles. The highest BCUT2D eigenvalue weighted by Gasteiger charge is 2.39. The van der Waals surface area contributed by atoms with Gasteiger partial charge in [-0.2, -0.15) is 0 Å². The number of carbonyl (C=O) groups excluding carboxylic acids is 1. The molecule has 0 N–H and O–H groups in total. The molecule has 3 rings (SSSR count). The van der Waals surface area contributed by atoms with Gasteiger partial charge in [-0.05, 0) is 89.5 Å². The molecule has 2 unspecified atom stereocenters. The van der Waals surface area contributed by atoms with Crippen LogP contribution in [0.4, 0.5) is 4.79 Å². The van der Waals surface area contributed by atoms with Crippen molar-refractivity contribution >= 4 is 11.7 Å². The number of hydrogen-bond acceptors (Lipinski definition) is 2. The second-order valence-corrected chi connectivity index (χ2v) is 8.71. The monoisotopic (exact) mass is 341 g/mol. The van der Waals surface area contributed by atoms with Gasteiger partial charge in [0.2, 0.25) is 0 Å². The molecule has 25 heavy (non-hydrogen) atoms. The summed E-state index contributed by atoms with van der Waals surface area (Å²) in [5.74, 6) is 0. The first-order valence-electron chi connectivity index (χ1n) is 9.46. The van der Waals surface area contributed by atoms with Crippen molar-refractivity contribution in [1.82, 2.24) is 4.90 Å². The number of benzene rings is 1. The summed E-state index contributed by atoms with van der Waals surface area (Å²) in [6, 6.07) is 4.95. The number of piperidine rings is 1. The van der Waals surface area contributed by atoms with Crippen LogP contribution in [-0.4, -0.2) is 28.7 Å². The Morgan fingerprint density at radius 1 is 1.12 bits per heavy atom. The van der Waals surface area contributed by atoms with Gasteiger partial charge >= 0.3 is 6.09 Å². The lowest BCUT2D eigenvalue weighted by Crippen LogP contribution is -2.53. The summed E-state index contributed by atoms with van der Waals surface area (Å²) in [6.45, 7) is 12.4. The van der Waals surface area contributed by atoms with Crippen LogP contribution in [0.3, 0.4) is 0 Å². The molecule has 136 valence electrons. The van der Waals surface area contributed by atoms with Crippen molar-refractivity contribution < 1.29 is 9.53 Å². The molecule has 1 aromatic carbocycles. The smallest absolute Gasteiger partial charge is 0.411 e. The lowest BCUT2D eigenvalue weighted by atomic mass is 9.80. The van der Waals surface area contributed by atoms with E-state index in [4.69, 9.17) is 4.74 Å². The number of nitrogens with zero attached hydrogens (tertiary/aromatic N) is 1. The lowest BCUT2D eigenvalue weighted by Gasteiger charge is -2.45. The molecule has 2 bridgehead atoms. The maximum Gasteiger partial charge on any atom is 0.411 e. The summed E-state index contributed by atoms with van der Waals surface area (Å²) in [4.78, 5) is 14.7. The Morgan fingerprint density at radius 2 is 1.76 bits per heavy atom. The summed E-state index contributed by atoms with van der Waals surface area (Å²) < 4.78 is 5.68. The first kappa shape index (κ1) is 18.0. The van der Waals surface area contributed by atoms with Crippen molar-refractivity contribution in [3.05, 3.63) is 40.5 Å². The average Bonchev–Trinajstić information content (AvgIpc) is 2.43. The third kappa shape index (κ3) is 3.75. The van der Waals surface area contributed by atoms with Crippen LogP contribution < -0.4 is 0 Å². The number of fused-ring (bicyclic) bond motifs is 2. The Labute approximate surface area is 152 Å². The number of ether oxygens (including phenoxy) is 1. The predicted molar refractivity (Wildman–Crippen MR) is 103 cm³/mol. The Morgan fingerprint density at radius 3 is 2.32 bits per heavy atom. The molecular formula is C22H31NO2. The van der Waals surface area contributed by atoms with Gasteiger partial charge in [0.05, 0.1) is 6.04 Å². The van der Waals surface area contributed by atoms with Gasteiger partial charge in [-0.25, -0.2) is 4.79 Å². The molecule has 0 aliphatic carbocycles. The van der Waals surface area contributed by atoms with Crippen LogP contribution in [-0.2, 0) is 4.74 Å². The Bertz CT molecular complexity index is 688. The van der Waals surface area contributed by atoms with Gasteiger partial charge in [-0.15, -0.1) is 0 Å². The number of aryl methyl sites for hydroxylation is 3. The van der Waals surface area contributed by atoms with Gasteiger partial charge < -0.3 is 4.74 Å². The molecule has 0 saturated carbocycles. The van der Waals surface area contributed by atoms with Gasteiger partial charge in [-0.3, -0.25) is 4.90 Å². The van der Waals surface area contributed by atoms with Crippen LogP contribution in [0, 0.1) is 20.8 Å². The van der Waals surface area contributed by atoms with Crippen molar-refractivity contribution in [3.63, 3.8) is 0 Å². The highest BCUT2D eigenvalue weighted by molar-refractivity contribution is 5.77. The van der Waals surface area contributed by atoms with Gasteiger partial charge in [0, 0.05) is 6.04 Å². The van der Waals surface area contributed by atoms with Crippen molar-refractivity contribution in [2.24, 2.45) is 0 Å². The molecule has 1 amide bonds. The van der Waals surface area contributed by atoms with E-state index in [2.05, 4.69) is 39.0 Å². The fourth-order valence-electron chi connectivity index (χ4n) is 4.50. The van der Waals surface area contributed by atoms with Crippen LogP contribution in [0.2, 0.25) is 0 Å². The standard InChI is InChI=1S/C22H31NO2/c1-14-10-15(2)20(16(3)11-14)17-12-18-8-7-9-19(13-17)23(18)21(24)25-22(4,5)6/h10-12,18-19H,7-9,13H2,1-6H3. The fraction of sp³-hybridized carbons (Fsp3) is 0.591. The summed E-state index contributed by atoms with van der Waals surface area (Å²) in [5, 5.41) is 0. The maximum absolute atomic E-state index is 12.7. The van der Waals surface area contributed by atoms with E-state index >= 15 is 0 Å². The predicted octanol–water partition coefficient (Wildman–Crippen LogP) is 5.56. The molecule has 3 heteroatoms. The lowest BCUT2D eigenvalue weighted by molar-refractivity contribution is 0.0000859. The molecule has 1 saturated heterocycles. The van der Waals surface area contributed by atoms with Crippen molar-refractivity contribution in [3.8, 4) is 0 Å². The first-order chi connectivity index (χ1) is 11.7. The largest absolute Gasteiger partial charge is 0.444 e. The minimum Gasteiger partial charge on any atom is -0.444 e. The maximum atomic E-state index is 12.7. The van der Waals surface area contributed by atoms with Gasteiger partial charge in [0.15, 0.2) is 0 Å². The van der Waals surface area contributed by atoms with Gasteiger partial charge in [-0.1, -0.05) is 23.8 Å². The van der Waals surface area contributed by atoms with E-state index in [9.17, 15) is 4.79 Å². The molecule has 0 spiro atoms. The molecular weight excluding hydrogens is 310 g/mol. The van der Waals surface area contributed by atoms with E-state index in [1.54, 1.807) is 0 Å². The summed E-state index contributed by atoms with van der Waals surface area (Å²) >= 11 is 0. The Balaban J connectivity index is 1.93. The van der Waals surface area contributed by atoms with E-state index < -0.39 is 5.60 Å². The molecule has 3 nitrogen and oxygen atoms in total. The van der Waals surface area contributed by atoms with E-state index in [1.807, 2.05) is 25.7 Å². The first-order valence-corrected chi connectivity index (χ1v) is 9.46. The molecule has 2 aliphatic rings. The van der Waals surface area contributed by atoms with E-state index in [0.717, 1.165) is 19.3 Å². The molecule has 1 aromatic rings. The SMILES string of the molecule is Cc1cc(C)c(C2=CC3CCCC(C2)N3C(=O)OC(C)(C)C)c(C)c1. The normalized spacial score (nSPS) is 23.3. The minimum atomic E-state index is -0.445. The Kier molecular flexibility index (Phi) is 4.70. The fourth-order valence-corrected chi connectivity index (χ4v) is 4.50. The highest BCUT2D eigenvalue weighted by atomic mass is 16.6. The third-order valence-corrected chi connectivity index (χ3v) is 5.24. The summed E-state index contributed by atoms with van der Waals surface area (Å²) in [5.41, 5.74) is 6.33. The molecule has 2 heterocycles. The summed E-state index contributed by atoms with van der Waals surface area (Å²) in [6.07, 6.45) is 6.38. The zero-order valence-electron chi connectivity index (χ0n) is 16.5. The van der Waals surface area contributed by atoms with Crippen molar-refractivity contribution in [2.75, 3.05) is 0 Å². The minimum absolute atomic E-state index is 0.158. The van der Waals surface area contributed by atoms with Crippen LogP contribution >= 0.6 is 0 Å². The zero-order valence-corrected chi connectivity index (χ0v) is 16.5. The van der Waals surface area contributed by atoms with Crippen molar-refractivity contribution in [2.45, 2.75) is 84.9 Å². The van der Waals surface area contributed by atoms with Gasteiger partial charge in [0.25, 0.3) is 0 Å². The van der Waals surface area contributed by atoms with E-state index in [-0.39, 0.29) is 18.2 Å². The molecule has 0 aromatic heterocycles. The highest BCUT2D eigenvalue weighted by Crippen LogP contribution is 2.39. The molecule has 2 atom stereocenters. The number of carbonyl (C=O) groups is 1. The summed E-state index contributed by atoms with van der Waals surface area (Å²) in [7, 11) is 0. The second-order valence-electron chi connectivity index (χ2n) is 8.71. The van der Waals surface area contributed by atoms with E-state index in [0.29, 0.717) is 0 Å². The topological polar surface area (TPSA) is 29.5 Å². The molecule has 0 radical (unpaired) electrons. The van der Waals surface area contributed by atoms with E-state index in [1.165, 1.54) is 34.2 Å². The third-order valence-electron chi connectivity index (χ3n) is 5.24. The Hall–Kier alpha value is -1.77. The zero-order chi connectivity index (χ0) is 18.4. The number of hydrogen-bond donors (Lipinski definition) is 0. The van der Waals surface area contributed by atoms with Crippen LogP contribution in [0.1, 0.15) is 68.7 Å².